The summed E-state index contributed by atoms with van der Waals surface area (Å²) in [5, 5.41) is 3.09. The molecule has 1 N–H and O–H groups in total. The predicted octanol–water partition coefficient (Wildman–Crippen LogP) is 1.45. The second kappa shape index (κ2) is 8.24. The van der Waals surface area contributed by atoms with E-state index in [2.05, 4.69) is 10.3 Å². The first-order valence-corrected chi connectivity index (χ1v) is 7.18. The van der Waals surface area contributed by atoms with Crippen molar-refractivity contribution in [2.45, 2.75) is 20.3 Å². The van der Waals surface area contributed by atoms with Crippen molar-refractivity contribution in [3.63, 3.8) is 0 Å². The molecule has 116 valence electrons. The van der Waals surface area contributed by atoms with Crippen molar-refractivity contribution in [2.75, 3.05) is 39.0 Å². The van der Waals surface area contributed by atoms with Crippen LogP contribution in [0.25, 0.3) is 0 Å². The Bertz CT molecular complexity index is 467. The molecule has 0 aliphatic rings. The minimum Gasteiger partial charge on any atom is -0.370 e. The first kappa shape index (κ1) is 16.9. The molecule has 0 spiro atoms. The Morgan fingerprint density at radius 2 is 1.86 bits per heavy atom. The number of carbonyl (C=O) groups excluding carboxylic acids is 2. The van der Waals surface area contributed by atoms with Gasteiger partial charge in [-0.25, -0.2) is 4.98 Å². The summed E-state index contributed by atoms with van der Waals surface area (Å²) in [5.41, 5.74) is 0.546. The zero-order chi connectivity index (χ0) is 15.8. The third-order valence-corrected chi connectivity index (χ3v) is 3.18. The third-order valence-electron chi connectivity index (χ3n) is 3.18. The van der Waals surface area contributed by atoms with E-state index in [0.29, 0.717) is 24.3 Å². The molecule has 1 rings (SSSR count). The topological polar surface area (TPSA) is 65.5 Å². The van der Waals surface area contributed by atoms with Crippen LogP contribution >= 0.6 is 0 Å². The van der Waals surface area contributed by atoms with Gasteiger partial charge in [0.15, 0.2) is 0 Å². The Labute approximate surface area is 126 Å². The summed E-state index contributed by atoms with van der Waals surface area (Å²) in [6.07, 6.45) is 1.97. The van der Waals surface area contributed by atoms with Gasteiger partial charge in [-0.2, -0.15) is 0 Å². The second-order valence-corrected chi connectivity index (χ2v) is 4.87. The number of nitrogens with zero attached hydrogens (tertiary/aromatic N) is 3. The summed E-state index contributed by atoms with van der Waals surface area (Å²) in [5.74, 6) is 0.718. The number of nitrogens with one attached hydrogen (secondary N) is 1. The van der Waals surface area contributed by atoms with Crippen LogP contribution in [0, 0.1) is 0 Å². The summed E-state index contributed by atoms with van der Waals surface area (Å²) in [6, 6.07) is 3.47. The van der Waals surface area contributed by atoms with Gasteiger partial charge < -0.3 is 15.1 Å². The van der Waals surface area contributed by atoms with E-state index in [1.807, 2.05) is 13.8 Å². The molecule has 0 aliphatic heterocycles. The molecular formula is C15H24N4O2. The monoisotopic (exact) mass is 292 g/mol. The molecule has 0 atom stereocenters. The highest BCUT2D eigenvalue weighted by molar-refractivity contribution is 5.93. The Kier molecular flexibility index (Phi) is 6.65. The van der Waals surface area contributed by atoms with Gasteiger partial charge in [-0.05, 0) is 26.0 Å². The van der Waals surface area contributed by atoms with Crippen molar-refractivity contribution in [2.24, 2.45) is 0 Å². The number of carbonyl (C=O) groups is 2. The minimum absolute atomic E-state index is 0.0780. The maximum Gasteiger partial charge on any atom is 0.254 e. The van der Waals surface area contributed by atoms with Crippen molar-refractivity contribution in [3.05, 3.63) is 23.9 Å². The highest BCUT2D eigenvalue weighted by Gasteiger charge is 2.10. The molecule has 6 heteroatoms. The molecule has 0 fully saturated rings. The van der Waals surface area contributed by atoms with Gasteiger partial charge in [0.2, 0.25) is 5.91 Å². The highest BCUT2D eigenvalue weighted by atomic mass is 16.2. The van der Waals surface area contributed by atoms with Gasteiger partial charge in [0.05, 0.1) is 5.56 Å². The van der Waals surface area contributed by atoms with Gasteiger partial charge in [-0.3, -0.25) is 9.59 Å². The minimum atomic E-state index is -0.0780. The number of anilines is 1. The molecule has 6 nitrogen and oxygen atoms in total. The first-order valence-electron chi connectivity index (χ1n) is 7.18. The largest absolute Gasteiger partial charge is 0.370 e. The van der Waals surface area contributed by atoms with E-state index in [-0.39, 0.29) is 11.8 Å². The number of pyridine rings is 1. The molecule has 0 aromatic carbocycles. The van der Waals surface area contributed by atoms with E-state index in [0.717, 1.165) is 13.1 Å². The number of amides is 2. The molecule has 2 amide bonds. The lowest BCUT2D eigenvalue weighted by Gasteiger charge is -2.18. The summed E-state index contributed by atoms with van der Waals surface area (Å²) in [4.78, 5) is 31.0. The van der Waals surface area contributed by atoms with E-state index < -0.39 is 0 Å². The molecule has 1 aromatic rings. The summed E-state index contributed by atoms with van der Waals surface area (Å²) >= 11 is 0. The molecule has 1 aromatic heterocycles. The van der Waals surface area contributed by atoms with Crippen LogP contribution in [-0.4, -0.2) is 60.3 Å². The van der Waals surface area contributed by atoms with E-state index >= 15 is 0 Å². The number of hydrogen-bond acceptors (Lipinski definition) is 4. The van der Waals surface area contributed by atoms with Gasteiger partial charge in [0, 0.05) is 46.3 Å². The fourth-order valence-corrected chi connectivity index (χ4v) is 1.92. The van der Waals surface area contributed by atoms with Gasteiger partial charge in [-0.15, -0.1) is 0 Å². The molecule has 0 bridgehead atoms. The maximum atomic E-state index is 11.8. The van der Waals surface area contributed by atoms with Gasteiger partial charge in [0.1, 0.15) is 5.82 Å². The lowest BCUT2D eigenvalue weighted by Crippen LogP contribution is -2.31. The van der Waals surface area contributed by atoms with Crippen LogP contribution in [-0.2, 0) is 4.79 Å². The van der Waals surface area contributed by atoms with E-state index in [4.69, 9.17) is 0 Å². The van der Waals surface area contributed by atoms with Crippen molar-refractivity contribution in [1.82, 2.24) is 14.8 Å². The maximum absolute atomic E-state index is 11.8. The Morgan fingerprint density at radius 3 is 2.33 bits per heavy atom. The van der Waals surface area contributed by atoms with Crippen LogP contribution in [0.3, 0.4) is 0 Å². The number of aromatic nitrogens is 1. The smallest absolute Gasteiger partial charge is 0.254 e. The van der Waals surface area contributed by atoms with Crippen LogP contribution in [0.5, 0.6) is 0 Å². The number of rotatable bonds is 7. The zero-order valence-electron chi connectivity index (χ0n) is 13.2. The van der Waals surface area contributed by atoms with E-state index in [1.54, 1.807) is 31.1 Å². The lowest BCUT2D eigenvalue weighted by atomic mass is 10.2. The van der Waals surface area contributed by atoms with Crippen molar-refractivity contribution in [3.8, 4) is 0 Å². The number of hydrogen-bond donors (Lipinski definition) is 1. The summed E-state index contributed by atoms with van der Waals surface area (Å²) in [7, 11) is 3.40. The standard InChI is InChI=1S/C15H24N4O2/c1-5-19(6-2)14(20)9-10-16-13-8-7-12(11-17-13)15(21)18(3)4/h7-8,11H,5-6,9-10H2,1-4H3,(H,16,17). The lowest BCUT2D eigenvalue weighted by molar-refractivity contribution is -0.130. The normalized spacial score (nSPS) is 10.1. The molecule has 21 heavy (non-hydrogen) atoms. The fourth-order valence-electron chi connectivity index (χ4n) is 1.92. The van der Waals surface area contributed by atoms with Gasteiger partial charge >= 0.3 is 0 Å². The molecular weight excluding hydrogens is 268 g/mol. The first-order chi connectivity index (χ1) is 9.99. The Morgan fingerprint density at radius 1 is 1.19 bits per heavy atom. The molecule has 0 saturated heterocycles. The summed E-state index contributed by atoms with van der Waals surface area (Å²) in [6.45, 7) is 5.93. The Balaban J connectivity index is 2.46. The molecule has 0 unspecified atom stereocenters. The SMILES string of the molecule is CCN(CC)C(=O)CCNc1ccc(C(=O)N(C)C)cn1. The quantitative estimate of drug-likeness (QED) is 0.826. The molecule has 0 aliphatic carbocycles. The van der Waals surface area contributed by atoms with Gasteiger partial charge in [-0.1, -0.05) is 0 Å². The van der Waals surface area contributed by atoms with E-state index in [9.17, 15) is 9.59 Å². The third kappa shape index (κ3) is 5.06. The molecule has 0 radical (unpaired) electrons. The van der Waals surface area contributed by atoms with Crippen LogP contribution in [0.1, 0.15) is 30.6 Å². The van der Waals surface area contributed by atoms with E-state index in [1.165, 1.54) is 11.1 Å². The van der Waals surface area contributed by atoms with Crippen LogP contribution in [0.2, 0.25) is 0 Å². The van der Waals surface area contributed by atoms with Gasteiger partial charge in [0.25, 0.3) is 5.91 Å². The molecule has 1 heterocycles. The second-order valence-electron chi connectivity index (χ2n) is 4.87. The van der Waals surface area contributed by atoms with Crippen molar-refractivity contribution in [1.29, 1.82) is 0 Å². The van der Waals surface area contributed by atoms with Crippen LogP contribution < -0.4 is 5.32 Å². The van der Waals surface area contributed by atoms with Crippen molar-refractivity contribution < 1.29 is 9.59 Å². The zero-order valence-corrected chi connectivity index (χ0v) is 13.2. The predicted molar refractivity (Wildman–Crippen MR) is 83.3 cm³/mol. The summed E-state index contributed by atoms with van der Waals surface area (Å²) < 4.78 is 0. The van der Waals surface area contributed by atoms with Crippen molar-refractivity contribution >= 4 is 17.6 Å². The highest BCUT2D eigenvalue weighted by Crippen LogP contribution is 2.07. The average Bonchev–Trinajstić information content (AvgIpc) is 2.48. The fraction of sp³-hybridized carbons (Fsp3) is 0.533. The average molecular weight is 292 g/mol. The van der Waals surface area contributed by atoms with Crippen LogP contribution in [0.4, 0.5) is 5.82 Å². The Hall–Kier alpha value is -2.11. The molecule has 0 saturated carbocycles. The van der Waals surface area contributed by atoms with Crippen LogP contribution in [0.15, 0.2) is 18.3 Å².